The molecule has 1 aliphatic heterocycles. The zero-order valence-electron chi connectivity index (χ0n) is 16.2. The number of rotatable bonds is 1. The Morgan fingerprint density at radius 2 is 1.89 bits per heavy atom. The summed E-state index contributed by atoms with van der Waals surface area (Å²) in [6, 6.07) is 0. The van der Waals surface area contributed by atoms with Crippen molar-refractivity contribution in [2.45, 2.75) is 52.9 Å². The highest BCUT2D eigenvalue weighted by Crippen LogP contribution is 2.39. The summed E-state index contributed by atoms with van der Waals surface area (Å²) in [5, 5.41) is 5.68. The minimum atomic E-state index is -0.0457. The van der Waals surface area contributed by atoms with E-state index < -0.39 is 0 Å². The molecule has 3 aromatic rings. The fourth-order valence-electron chi connectivity index (χ4n) is 4.39. The van der Waals surface area contributed by atoms with Crippen LogP contribution < -0.4 is 0 Å². The molecule has 1 fully saturated rings. The number of carbonyl (C=O) groups is 1. The van der Waals surface area contributed by atoms with Crippen LogP contribution in [0.3, 0.4) is 0 Å². The maximum absolute atomic E-state index is 13.0. The maximum Gasteiger partial charge on any atom is 0.293 e. The third-order valence-corrected chi connectivity index (χ3v) is 7.34. The first kappa shape index (κ1) is 17.1. The number of amides is 1. The number of hydrogen-bond acceptors (Lipinski definition) is 5. The van der Waals surface area contributed by atoms with Crippen LogP contribution in [0, 0.1) is 18.8 Å². The van der Waals surface area contributed by atoms with E-state index >= 15 is 0 Å². The van der Waals surface area contributed by atoms with Crippen molar-refractivity contribution >= 4 is 33.1 Å². The van der Waals surface area contributed by atoms with Gasteiger partial charge in [0, 0.05) is 18.0 Å². The van der Waals surface area contributed by atoms with Gasteiger partial charge in [-0.25, -0.2) is 9.97 Å². The first-order valence-corrected chi connectivity index (χ1v) is 10.8. The maximum atomic E-state index is 13.0. The Hall–Kier alpha value is -2.02. The molecule has 2 aliphatic rings. The van der Waals surface area contributed by atoms with Crippen LogP contribution in [0.1, 0.15) is 60.0 Å². The number of aryl methyl sites for hydroxylation is 2. The van der Waals surface area contributed by atoms with Crippen molar-refractivity contribution in [1.29, 1.82) is 0 Å². The van der Waals surface area contributed by atoms with Crippen molar-refractivity contribution in [3.8, 4) is 0 Å². The molecule has 27 heavy (non-hydrogen) atoms. The van der Waals surface area contributed by atoms with Gasteiger partial charge in [0.1, 0.15) is 10.7 Å². The summed E-state index contributed by atoms with van der Waals surface area (Å²) in [6.45, 7) is 8.10. The molecule has 7 heteroatoms. The molecular formula is C20H25N5OS. The van der Waals surface area contributed by atoms with Gasteiger partial charge in [0.05, 0.1) is 5.39 Å². The smallest absolute Gasteiger partial charge is 0.293 e. The van der Waals surface area contributed by atoms with Gasteiger partial charge in [0.15, 0.2) is 5.65 Å². The third kappa shape index (κ3) is 2.74. The van der Waals surface area contributed by atoms with Crippen LogP contribution in [0.25, 0.3) is 15.9 Å². The number of aromatic nitrogens is 4. The summed E-state index contributed by atoms with van der Waals surface area (Å²) in [6.07, 6.45) is 5.53. The van der Waals surface area contributed by atoms with Crippen LogP contribution in [0.15, 0.2) is 0 Å². The molecule has 3 aromatic heterocycles. The zero-order chi connectivity index (χ0) is 18.7. The molecule has 0 bridgehead atoms. The van der Waals surface area contributed by atoms with E-state index in [1.165, 1.54) is 16.9 Å². The van der Waals surface area contributed by atoms with Crippen LogP contribution in [0.4, 0.5) is 0 Å². The number of fused-ring (bicyclic) bond motifs is 5. The normalized spacial score (nSPS) is 21.1. The Balaban J connectivity index is 1.62. The lowest BCUT2D eigenvalue weighted by Crippen LogP contribution is -2.38. The summed E-state index contributed by atoms with van der Waals surface area (Å²) in [7, 11) is 0. The van der Waals surface area contributed by atoms with Gasteiger partial charge in [0.2, 0.25) is 5.82 Å². The molecule has 1 atom stereocenters. The fourth-order valence-corrected chi connectivity index (χ4v) is 5.65. The highest BCUT2D eigenvalue weighted by atomic mass is 32.1. The van der Waals surface area contributed by atoms with Crippen LogP contribution in [0.5, 0.6) is 0 Å². The number of thiophene rings is 1. The van der Waals surface area contributed by atoms with E-state index in [2.05, 4.69) is 18.9 Å². The first-order valence-electron chi connectivity index (χ1n) is 9.98. The molecular weight excluding hydrogens is 358 g/mol. The number of piperidine rings is 1. The third-order valence-electron chi connectivity index (χ3n) is 6.15. The molecule has 6 nitrogen and oxygen atoms in total. The van der Waals surface area contributed by atoms with E-state index in [-0.39, 0.29) is 5.91 Å². The lowest BCUT2D eigenvalue weighted by Gasteiger charge is -2.29. The van der Waals surface area contributed by atoms with E-state index in [0.717, 1.165) is 60.5 Å². The predicted molar refractivity (Wildman–Crippen MR) is 106 cm³/mol. The molecule has 1 amide bonds. The molecule has 1 aliphatic carbocycles. The Bertz CT molecular complexity index is 1040. The van der Waals surface area contributed by atoms with Crippen molar-refractivity contribution < 1.29 is 4.79 Å². The Labute approximate surface area is 162 Å². The molecule has 1 saturated heterocycles. The lowest BCUT2D eigenvalue weighted by molar-refractivity contribution is 0.0685. The molecule has 0 saturated carbocycles. The largest absolute Gasteiger partial charge is 0.336 e. The standard InChI is InChI=1S/C20H25N5OS/c1-11-6-8-24(9-7-11)20(26)17-22-18-16-14-10-12(2)4-5-15(14)27-19(16)21-13(3)25(18)23-17/h11-12H,4-10H2,1-3H3/t12-/m0/s1. The van der Waals surface area contributed by atoms with E-state index in [4.69, 9.17) is 9.97 Å². The second kappa shape index (κ2) is 6.26. The minimum Gasteiger partial charge on any atom is -0.336 e. The van der Waals surface area contributed by atoms with E-state index in [1.807, 2.05) is 11.8 Å². The van der Waals surface area contributed by atoms with E-state index in [0.29, 0.717) is 17.7 Å². The van der Waals surface area contributed by atoms with Gasteiger partial charge in [-0.2, -0.15) is 4.52 Å². The predicted octanol–water partition coefficient (Wildman–Crippen LogP) is 3.64. The van der Waals surface area contributed by atoms with Crippen molar-refractivity contribution in [1.82, 2.24) is 24.5 Å². The van der Waals surface area contributed by atoms with Crippen LogP contribution >= 0.6 is 11.3 Å². The first-order chi connectivity index (χ1) is 13.0. The van der Waals surface area contributed by atoms with E-state index in [9.17, 15) is 4.79 Å². The van der Waals surface area contributed by atoms with Crippen molar-refractivity contribution in [3.63, 3.8) is 0 Å². The van der Waals surface area contributed by atoms with Crippen LogP contribution in [-0.4, -0.2) is 43.5 Å². The average molecular weight is 384 g/mol. The SMILES string of the molecule is Cc1nc2sc3c(c2c2nc(C(=O)N4CCC(C)CC4)nn12)C[C@@H](C)CC3. The molecule has 0 radical (unpaired) electrons. The Morgan fingerprint density at radius 1 is 1.11 bits per heavy atom. The Morgan fingerprint density at radius 3 is 2.67 bits per heavy atom. The van der Waals surface area contributed by atoms with Gasteiger partial charge >= 0.3 is 0 Å². The quantitative estimate of drug-likeness (QED) is 0.643. The molecule has 0 unspecified atom stereocenters. The summed E-state index contributed by atoms with van der Waals surface area (Å²) in [5.74, 6) is 2.42. The molecule has 0 aromatic carbocycles. The highest BCUT2D eigenvalue weighted by Gasteiger charge is 2.28. The lowest BCUT2D eigenvalue weighted by atomic mass is 9.89. The fraction of sp³-hybridized carbons (Fsp3) is 0.600. The van der Waals surface area contributed by atoms with Gasteiger partial charge in [0.25, 0.3) is 5.91 Å². The molecule has 0 spiro atoms. The Kier molecular flexibility index (Phi) is 3.96. The van der Waals surface area contributed by atoms with Gasteiger partial charge in [-0.15, -0.1) is 16.4 Å². The van der Waals surface area contributed by atoms with Crippen LogP contribution in [-0.2, 0) is 12.8 Å². The van der Waals surface area contributed by atoms with Gasteiger partial charge in [-0.05, 0) is 56.4 Å². The monoisotopic (exact) mass is 383 g/mol. The molecule has 4 heterocycles. The molecule has 0 N–H and O–H groups in total. The van der Waals surface area contributed by atoms with Crippen LogP contribution in [0.2, 0.25) is 0 Å². The highest BCUT2D eigenvalue weighted by molar-refractivity contribution is 7.19. The van der Waals surface area contributed by atoms with Crippen molar-refractivity contribution in [3.05, 3.63) is 22.1 Å². The van der Waals surface area contributed by atoms with E-state index in [1.54, 1.807) is 15.9 Å². The second-order valence-corrected chi connectivity index (χ2v) is 9.42. The van der Waals surface area contributed by atoms with Crippen molar-refractivity contribution in [2.75, 3.05) is 13.1 Å². The summed E-state index contributed by atoms with van der Waals surface area (Å²) >= 11 is 1.79. The number of nitrogens with zero attached hydrogens (tertiary/aromatic N) is 5. The number of carbonyl (C=O) groups excluding carboxylic acids is 1. The molecule has 142 valence electrons. The number of likely N-dealkylation sites (tertiary alicyclic amines) is 1. The van der Waals surface area contributed by atoms with Crippen molar-refractivity contribution in [2.24, 2.45) is 11.8 Å². The van der Waals surface area contributed by atoms with Gasteiger partial charge in [-0.1, -0.05) is 13.8 Å². The van der Waals surface area contributed by atoms with Gasteiger partial charge in [-0.3, -0.25) is 4.79 Å². The van der Waals surface area contributed by atoms with Gasteiger partial charge < -0.3 is 4.90 Å². The zero-order valence-corrected chi connectivity index (χ0v) is 17.0. The topological polar surface area (TPSA) is 63.4 Å². The number of hydrogen-bond donors (Lipinski definition) is 0. The minimum absolute atomic E-state index is 0.0457. The summed E-state index contributed by atoms with van der Waals surface area (Å²) < 4.78 is 1.77. The summed E-state index contributed by atoms with van der Waals surface area (Å²) in [5.41, 5.74) is 2.18. The average Bonchev–Trinajstić information content (AvgIpc) is 3.23. The summed E-state index contributed by atoms with van der Waals surface area (Å²) in [4.78, 5) is 26.9. The second-order valence-electron chi connectivity index (χ2n) is 8.34. The molecule has 5 rings (SSSR count).